The predicted molar refractivity (Wildman–Crippen MR) is 78.8 cm³/mol. The van der Waals surface area contributed by atoms with Gasteiger partial charge in [-0.25, -0.2) is 4.98 Å². The van der Waals surface area contributed by atoms with Gasteiger partial charge >= 0.3 is 0 Å². The Morgan fingerprint density at radius 2 is 2.05 bits per heavy atom. The Morgan fingerprint density at radius 1 is 1.25 bits per heavy atom. The van der Waals surface area contributed by atoms with Crippen LogP contribution in [0.3, 0.4) is 0 Å². The third-order valence-corrected chi connectivity index (χ3v) is 3.77. The molecule has 0 fully saturated rings. The van der Waals surface area contributed by atoms with E-state index < -0.39 is 0 Å². The first-order valence-corrected chi connectivity index (χ1v) is 6.76. The van der Waals surface area contributed by atoms with E-state index in [9.17, 15) is 5.26 Å². The van der Waals surface area contributed by atoms with Gasteiger partial charge < -0.3 is 10.6 Å². The third kappa shape index (κ3) is 2.02. The lowest BCUT2D eigenvalue weighted by atomic mass is 9.98. The van der Waals surface area contributed by atoms with E-state index >= 15 is 0 Å². The quantitative estimate of drug-likeness (QED) is 0.925. The molecule has 4 heteroatoms. The Kier molecular flexibility index (Phi) is 3.36. The molecular weight excluding hydrogens is 248 g/mol. The minimum atomic E-state index is 0.419. The first-order valence-electron chi connectivity index (χ1n) is 6.76. The molecule has 0 spiro atoms. The van der Waals surface area contributed by atoms with Crippen LogP contribution >= 0.6 is 0 Å². The zero-order valence-electron chi connectivity index (χ0n) is 11.2. The molecule has 0 radical (unpaired) electrons. The van der Waals surface area contributed by atoms with E-state index in [1.54, 1.807) is 6.20 Å². The molecule has 0 aliphatic carbocycles. The van der Waals surface area contributed by atoms with E-state index in [1.165, 1.54) is 5.56 Å². The highest BCUT2D eigenvalue weighted by atomic mass is 15.2. The Hall–Kier alpha value is -2.38. The normalized spacial score (nSPS) is 16.8. The van der Waals surface area contributed by atoms with Gasteiger partial charge in [-0.1, -0.05) is 18.2 Å². The maximum Gasteiger partial charge on any atom is 0.164 e. The summed E-state index contributed by atoms with van der Waals surface area (Å²) >= 11 is 0. The molecular formula is C16H16N4. The smallest absolute Gasteiger partial charge is 0.164 e. The van der Waals surface area contributed by atoms with E-state index in [1.807, 2.05) is 18.2 Å². The van der Waals surface area contributed by atoms with E-state index in [0.29, 0.717) is 18.2 Å². The summed E-state index contributed by atoms with van der Waals surface area (Å²) in [6.45, 7) is 1.53. The van der Waals surface area contributed by atoms with Crippen LogP contribution in [0.25, 0.3) is 0 Å². The number of rotatable bonds is 3. The molecule has 3 rings (SSSR count). The van der Waals surface area contributed by atoms with E-state index in [2.05, 4.69) is 34.2 Å². The van der Waals surface area contributed by atoms with E-state index in [0.717, 1.165) is 24.3 Å². The number of aromatic nitrogens is 1. The summed E-state index contributed by atoms with van der Waals surface area (Å²) in [6.07, 6.45) is 2.61. The number of hydrogen-bond donors (Lipinski definition) is 1. The van der Waals surface area contributed by atoms with Gasteiger partial charge in [-0.2, -0.15) is 5.26 Å². The Bertz CT molecular complexity index is 660. The van der Waals surface area contributed by atoms with Crippen LogP contribution in [0.1, 0.15) is 23.6 Å². The van der Waals surface area contributed by atoms with Gasteiger partial charge in [0.2, 0.25) is 0 Å². The van der Waals surface area contributed by atoms with Gasteiger partial charge in [0.15, 0.2) is 5.69 Å². The van der Waals surface area contributed by atoms with Crippen LogP contribution in [0.4, 0.5) is 11.4 Å². The van der Waals surface area contributed by atoms with Crippen LogP contribution in [0.5, 0.6) is 0 Å². The number of nitrogens with zero attached hydrogens (tertiary/aromatic N) is 3. The van der Waals surface area contributed by atoms with Gasteiger partial charge in [0.1, 0.15) is 6.07 Å². The zero-order chi connectivity index (χ0) is 13.9. The highest BCUT2D eigenvalue weighted by Crippen LogP contribution is 2.42. The fourth-order valence-electron chi connectivity index (χ4n) is 2.87. The number of anilines is 2. The van der Waals surface area contributed by atoms with Crippen LogP contribution in [-0.4, -0.2) is 18.1 Å². The number of pyridine rings is 1. The first kappa shape index (κ1) is 12.6. The Morgan fingerprint density at radius 3 is 2.85 bits per heavy atom. The van der Waals surface area contributed by atoms with Crippen LogP contribution in [-0.2, 0) is 0 Å². The molecule has 1 aliphatic heterocycles. The second-order valence-electron chi connectivity index (χ2n) is 4.93. The fraction of sp³-hybridized carbons (Fsp3) is 0.250. The van der Waals surface area contributed by atoms with Crippen molar-refractivity contribution in [3.05, 3.63) is 53.9 Å². The van der Waals surface area contributed by atoms with Crippen LogP contribution < -0.4 is 10.6 Å². The number of fused-ring (bicyclic) bond motifs is 1. The topological polar surface area (TPSA) is 65.9 Å². The average molecular weight is 264 g/mol. The SMILES string of the molecule is N#Cc1ncccc1N1CC(CCN)c2ccccc21. The number of nitriles is 1. The van der Waals surface area contributed by atoms with Crippen molar-refractivity contribution in [2.24, 2.45) is 5.73 Å². The summed E-state index contributed by atoms with van der Waals surface area (Å²) in [5.41, 5.74) is 9.54. The van der Waals surface area contributed by atoms with Gasteiger partial charge in [-0.3, -0.25) is 0 Å². The summed E-state index contributed by atoms with van der Waals surface area (Å²) in [7, 11) is 0. The standard InChI is InChI=1S/C16H16N4/c17-8-7-12-11-20(15-5-2-1-4-13(12)15)16-6-3-9-19-14(16)10-18/h1-6,9,12H,7-8,11,17H2. The number of para-hydroxylation sites is 1. The molecule has 0 bridgehead atoms. The van der Waals surface area contributed by atoms with Gasteiger partial charge in [0.05, 0.1) is 5.69 Å². The molecule has 100 valence electrons. The lowest BCUT2D eigenvalue weighted by Gasteiger charge is -2.20. The van der Waals surface area contributed by atoms with Gasteiger partial charge in [0.25, 0.3) is 0 Å². The molecule has 1 unspecified atom stereocenters. The van der Waals surface area contributed by atoms with Gasteiger partial charge in [0, 0.05) is 24.3 Å². The summed E-state index contributed by atoms with van der Waals surface area (Å²) in [5, 5.41) is 9.24. The van der Waals surface area contributed by atoms with Crippen molar-refractivity contribution >= 4 is 11.4 Å². The van der Waals surface area contributed by atoms with Crippen LogP contribution in [0.15, 0.2) is 42.6 Å². The molecule has 2 N–H and O–H groups in total. The van der Waals surface area contributed by atoms with E-state index in [-0.39, 0.29) is 0 Å². The fourth-order valence-corrected chi connectivity index (χ4v) is 2.87. The summed E-state index contributed by atoms with van der Waals surface area (Å²) < 4.78 is 0. The summed E-state index contributed by atoms with van der Waals surface area (Å²) in [5.74, 6) is 0.419. The lowest BCUT2D eigenvalue weighted by molar-refractivity contribution is 0.668. The Labute approximate surface area is 118 Å². The highest BCUT2D eigenvalue weighted by molar-refractivity contribution is 5.73. The molecule has 4 nitrogen and oxygen atoms in total. The largest absolute Gasteiger partial charge is 0.338 e. The number of hydrogen-bond acceptors (Lipinski definition) is 4. The molecule has 20 heavy (non-hydrogen) atoms. The van der Waals surface area contributed by atoms with Crippen molar-refractivity contribution < 1.29 is 0 Å². The minimum Gasteiger partial charge on any atom is -0.338 e. The van der Waals surface area contributed by atoms with Crippen LogP contribution in [0, 0.1) is 11.3 Å². The predicted octanol–water partition coefficient (Wildman–Crippen LogP) is 2.54. The molecule has 1 aromatic carbocycles. The molecule has 2 heterocycles. The maximum absolute atomic E-state index is 9.24. The summed E-state index contributed by atoms with van der Waals surface area (Å²) in [4.78, 5) is 6.34. The van der Waals surface area contributed by atoms with Crippen molar-refractivity contribution in [3.8, 4) is 6.07 Å². The number of nitrogens with two attached hydrogens (primary N) is 1. The molecule has 2 aromatic rings. The minimum absolute atomic E-state index is 0.419. The van der Waals surface area contributed by atoms with Gasteiger partial charge in [-0.05, 0) is 36.7 Å². The van der Waals surface area contributed by atoms with Gasteiger partial charge in [-0.15, -0.1) is 0 Å². The lowest BCUT2D eigenvalue weighted by Crippen LogP contribution is -2.18. The molecule has 0 amide bonds. The summed E-state index contributed by atoms with van der Waals surface area (Å²) in [6, 6.07) is 14.3. The molecule has 1 atom stereocenters. The van der Waals surface area contributed by atoms with Crippen LogP contribution in [0.2, 0.25) is 0 Å². The van der Waals surface area contributed by atoms with Crippen molar-refractivity contribution in [2.75, 3.05) is 18.0 Å². The van der Waals surface area contributed by atoms with Crippen molar-refractivity contribution in [3.63, 3.8) is 0 Å². The molecule has 0 saturated heterocycles. The van der Waals surface area contributed by atoms with E-state index in [4.69, 9.17) is 5.73 Å². The Balaban J connectivity index is 2.06. The third-order valence-electron chi connectivity index (χ3n) is 3.77. The van der Waals surface area contributed by atoms with Crippen molar-refractivity contribution in [2.45, 2.75) is 12.3 Å². The first-order chi connectivity index (χ1) is 9.85. The molecule has 1 aromatic heterocycles. The van der Waals surface area contributed by atoms with Crippen molar-refractivity contribution in [1.82, 2.24) is 4.98 Å². The zero-order valence-corrected chi connectivity index (χ0v) is 11.2. The maximum atomic E-state index is 9.24. The molecule has 0 saturated carbocycles. The average Bonchev–Trinajstić information content (AvgIpc) is 2.87. The molecule has 1 aliphatic rings. The highest BCUT2D eigenvalue weighted by Gasteiger charge is 2.29. The number of benzene rings is 1. The monoisotopic (exact) mass is 264 g/mol. The second kappa shape index (κ2) is 5.32. The van der Waals surface area contributed by atoms with Crippen molar-refractivity contribution in [1.29, 1.82) is 5.26 Å². The second-order valence-corrected chi connectivity index (χ2v) is 4.93.